The quantitative estimate of drug-likeness (QED) is 0.604. The summed E-state index contributed by atoms with van der Waals surface area (Å²) in [7, 11) is 0. The van der Waals surface area contributed by atoms with Crippen molar-refractivity contribution in [3.8, 4) is 5.75 Å². The molecule has 1 nitrogen and oxygen atoms in total. The number of hydrogen-bond acceptors (Lipinski definition) is 1. The molecule has 1 aromatic rings. The van der Waals surface area contributed by atoms with E-state index < -0.39 is 0 Å². The molecule has 84 valence electrons. The Kier molecular flexibility index (Phi) is 5.76. The van der Waals surface area contributed by atoms with E-state index in [-0.39, 0.29) is 68.0 Å². The first-order chi connectivity index (χ1) is 6.64. The van der Waals surface area contributed by atoms with Crippen LogP contribution in [0.2, 0.25) is 0 Å². The molecule has 0 saturated heterocycles. The van der Waals surface area contributed by atoms with E-state index in [1.54, 1.807) is 0 Å². The normalized spacial score (nSPS) is 12.1. The van der Waals surface area contributed by atoms with Crippen LogP contribution in [-0.4, -0.2) is 0 Å². The minimum Gasteiger partial charge on any atom is -0.872 e. The van der Waals surface area contributed by atoms with E-state index in [4.69, 9.17) is 0 Å². The topological polar surface area (TPSA) is 23.1 Å². The predicted octanol–water partition coefficient (Wildman–Crippen LogP) is 0.359. The van der Waals surface area contributed by atoms with Crippen molar-refractivity contribution in [2.75, 3.05) is 0 Å². The molecule has 0 N–H and O–H groups in total. The van der Waals surface area contributed by atoms with Gasteiger partial charge in [-0.3, -0.25) is 0 Å². The molecule has 0 amide bonds. The molecule has 1 aromatic carbocycles. The summed E-state index contributed by atoms with van der Waals surface area (Å²) in [5, 5.41) is 12.3. The molecule has 0 saturated carbocycles. The van der Waals surface area contributed by atoms with Gasteiger partial charge in [0.05, 0.1) is 0 Å². The van der Waals surface area contributed by atoms with E-state index in [9.17, 15) is 5.11 Å². The van der Waals surface area contributed by atoms with Crippen molar-refractivity contribution >= 4 is 0 Å². The minimum atomic E-state index is -0.0711. The molecule has 0 atom stereocenters. The van der Waals surface area contributed by atoms with Crippen LogP contribution in [0.25, 0.3) is 0 Å². The summed E-state index contributed by atoms with van der Waals surface area (Å²) >= 11 is 0. The first-order valence-corrected chi connectivity index (χ1v) is 5.45. The van der Waals surface area contributed by atoms with Crippen LogP contribution in [0, 0.1) is 0 Å². The molecule has 1 rings (SSSR count). The molecule has 0 aliphatic heterocycles. The van der Waals surface area contributed by atoms with Gasteiger partial charge in [0, 0.05) is 0 Å². The summed E-state index contributed by atoms with van der Waals surface area (Å²) in [6.07, 6.45) is 0. The zero-order valence-electron chi connectivity index (χ0n) is 11.6. The fourth-order valence-electron chi connectivity index (χ4n) is 1.72. The third-order valence-electron chi connectivity index (χ3n) is 2.63. The van der Waals surface area contributed by atoms with Crippen LogP contribution in [0.4, 0.5) is 0 Å². The first kappa shape index (κ1) is 16.7. The molecule has 0 heterocycles. The fraction of sp³-hybridized carbons (Fsp3) is 0.571. The van der Waals surface area contributed by atoms with Gasteiger partial charge in [-0.2, -0.15) is 0 Å². The summed E-state index contributed by atoms with van der Waals surface area (Å²) in [5.74, 6) is 0.206. The maximum atomic E-state index is 12.3. The van der Waals surface area contributed by atoms with Gasteiger partial charge in [-0.1, -0.05) is 70.9 Å². The monoisotopic (exact) mass is 244 g/mol. The van der Waals surface area contributed by atoms with Crippen molar-refractivity contribution in [1.29, 1.82) is 0 Å². The largest absolute Gasteiger partial charge is 1.00 e. The van der Waals surface area contributed by atoms with Crippen LogP contribution in [0.3, 0.4) is 0 Å². The maximum Gasteiger partial charge on any atom is 1.00 e. The van der Waals surface area contributed by atoms with Crippen LogP contribution in [0.5, 0.6) is 5.75 Å². The average molecular weight is 244 g/mol. The third-order valence-corrected chi connectivity index (χ3v) is 2.63. The van der Waals surface area contributed by atoms with Crippen molar-refractivity contribution in [3.05, 3.63) is 29.3 Å². The van der Waals surface area contributed by atoms with Crippen molar-refractivity contribution in [2.24, 2.45) is 0 Å². The fourth-order valence-corrected chi connectivity index (χ4v) is 1.72. The van der Waals surface area contributed by atoms with E-state index >= 15 is 0 Å². The van der Waals surface area contributed by atoms with Crippen LogP contribution in [-0.2, 0) is 10.8 Å². The van der Waals surface area contributed by atoms with E-state index in [0.29, 0.717) is 0 Å². The van der Waals surface area contributed by atoms with Gasteiger partial charge in [-0.25, -0.2) is 0 Å². The summed E-state index contributed by atoms with van der Waals surface area (Å²) in [4.78, 5) is 0. The standard InChI is InChI=1S/C14H22O.K/c1-13(2,3)10-8-7-9-11(12(10)15)14(4,5)6;/h7-9,15H,1-6H3;/q;+1/p-1. The summed E-state index contributed by atoms with van der Waals surface area (Å²) in [6, 6.07) is 5.87. The summed E-state index contributed by atoms with van der Waals surface area (Å²) < 4.78 is 0. The SMILES string of the molecule is CC(C)(C)c1cccc(C(C)(C)C)c1[O-].[K+]. The molecule has 0 aliphatic rings. The summed E-state index contributed by atoms with van der Waals surface area (Å²) in [5.41, 5.74) is 1.68. The van der Waals surface area contributed by atoms with Crippen molar-refractivity contribution in [3.63, 3.8) is 0 Å². The molecule has 0 bridgehead atoms. The van der Waals surface area contributed by atoms with Crippen LogP contribution >= 0.6 is 0 Å². The maximum absolute atomic E-state index is 12.3. The van der Waals surface area contributed by atoms with Crippen molar-refractivity contribution in [1.82, 2.24) is 0 Å². The number of benzene rings is 1. The van der Waals surface area contributed by atoms with Gasteiger partial charge < -0.3 is 5.11 Å². The van der Waals surface area contributed by atoms with Crippen LogP contribution < -0.4 is 56.5 Å². The zero-order valence-corrected chi connectivity index (χ0v) is 14.8. The van der Waals surface area contributed by atoms with Crippen molar-refractivity contribution < 1.29 is 56.5 Å². The van der Waals surface area contributed by atoms with E-state index in [0.717, 1.165) is 11.1 Å². The second-order valence-corrected chi connectivity index (χ2v) is 6.18. The number of hydrogen-bond donors (Lipinski definition) is 0. The Morgan fingerprint density at radius 3 is 1.38 bits per heavy atom. The third kappa shape index (κ3) is 3.85. The Hall–Kier alpha value is 0.656. The average Bonchev–Trinajstić information content (AvgIpc) is 1.99. The predicted molar refractivity (Wildman–Crippen MR) is 63.3 cm³/mol. The molecular formula is C14H21KO. The Balaban J connectivity index is 0.00000225. The number of para-hydroxylation sites is 1. The molecule has 0 aliphatic carbocycles. The second-order valence-electron chi connectivity index (χ2n) is 6.18. The van der Waals surface area contributed by atoms with Gasteiger partial charge in [0.2, 0.25) is 0 Å². The van der Waals surface area contributed by atoms with Gasteiger partial charge in [-0.15, -0.1) is 5.75 Å². The van der Waals surface area contributed by atoms with E-state index in [1.807, 2.05) is 18.2 Å². The molecule has 0 aromatic heterocycles. The zero-order chi connectivity index (χ0) is 11.9. The molecular weight excluding hydrogens is 223 g/mol. The van der Waals surface area contributed by atoms with Gasteiger partial charge in [-0.05, 0) is 10.8 Å². The smallest absolute Gasteiger partial charge is 0.872 e. The Labute approximate surface area is 142 Å². The Bertz CT molecular complexity index is 324. The van der Waals surface area contributed by atoms with E-state index in [2.05, 4.69) is 41.5 Å². The molecule has 0 unspecified atom stereocenters. The Morgan fingerprint density at radius 1 is 0.812 bits per heavy atom. The summed E-state index contributed by atoms with van der Waals surface area (Å²) in [6.45, 7) is 12.5. The molecule has 2 heteroatoms. The van der Waals surface area contributed by atoms with Gasteiger partial charge in [0.15, 0.2) is 0 Å². The molecule has 0 radical (unpaired) electrons. The van der Waals surface area contributed by atoms with Gasteiger partial charge in [0.25, 0.3) is 0 Å². The van der Waals surface area contributed by atoms with Crippen LogP contribution in [0.1, 0.15) is 52.7 Å². The molecule has 16 heavy (non-hydrogen) atoms. The first-order valence-electron chi connectivity index (χ1n) is 5.45. The van der Waals surface area contributed by atoms with Crippen molar-refractivity contribution in [2.45, 2.75) is 52.4 Å². The molecule has 0 spiro atoms. The Morgan fingerprint density at radius 2 is 1.12 bits per heavy atom. The minimum absolute atomic E-state index is 0. The van der Waals surface area contributed by atoms with Gasteiger partial charge >= 0.3 is 51.4 Å². The van der Waals surface area contributed by atoms with Gasteiger partial charge in [0.1, 0.15) is 0 Å². The second kappa shape index (κ2) is 5.53. The molecule has 0 fully saturated rings. The van der Waals surface area contributed by atoms with Crippen LogP contribution in [0.15, 0.2) is 18.2 Å². The van der Waals surface area contributed by atoms with E-state index in [1.165, 1.54) is 0 Å². The number of rotatable bonds is 0.